The van der Waals surface area contributed by atoms with E-state index in [-0.39, 0.29) is 24.6 Å². The largest absolute Gasteiger partial charge is 0.395 e. The molecule has 9 heteroatoms. The molecule has 106 valence electrons. The van der Waals surface area contributed by atoms with Crippen LogP contribution in [0.2, 0.25) is 0 Å². The minimum atomic E-state index is -3.98. The Kier molecular flexibility index (Phi) is 4.92. The predicted molar refractivity (Wildman–Crippen MR) is 64.6 cm³/mol. The summed E-state index contributed by atoms with van der Waals surface area (Å²) in [6, 6.07) is 2.36. The van der Waals surface area contributed by atoms with Gasteiger partial charge in [-0.2, -0.15) is 8.70 Å². The number of aliphatic hydroxyl groups is 1. The van der Waals surface area contributed by atoms with Gasteiger partial charge in [-0.1, -0.05) is 6.92 Å². The van der Waals surface area contributed by atoms with E-state index in [0.717, 1.165) is 16.4 Å². The standard InChI is InChI=1S/C10H13FN2O5S/c1-2-12(5-6-14)19(17,18)8-3-4-9(11)10(7-8)13(15)16/h3-4,7,14H,2,5-6H2,1H3. The fourth-order valence-corrected chi connectivity index (χ4v) is 2.96. The third-order valence-electron chi connectivity index (χ3n) is 2.45. The summed E-state index contributed by atoms with van der Waals surface area (Å²) in [6.45, 7) is 1.14. The molecular weight excluding hydrogens is 279 g/mol. The van der Waals surface area contributed by atoms with Gasteiger partial charge in [-0.25, -0.2) is 8.42 Å². The lowest BCUT2D eigenvalue weighted by Gasteiger charge is -2.19. The summed E-state index contributed by atoms with van der Waals surface area (Å²) in [6.07, 6.45) is 0. The molecule has 0 spiro atoms. The molecule has 0 aromatic heterocycles. The number of hydrogen-bond donors (Lipinski definition) is 1. The summed E-state index contributed by atoms with van der Waals surface area (Å²) in [5.41, 5.74) is -0.902. The summed E-state index contributed by atoms with van der Waals surface area (Å²) >= 11 is 0. The third kappa shape index (κ3) is 3.25. The van der Waals surface area contributed by atoms with E-state index in [2.05, 4.69) is 0 Å². The Bertz CT molecular complexity index is 575. The summed E-state index contributed by atoms with van der Waals surface area (Å²) in [4.78, 5) is 9.21. The number of halogens is 1. The molecule has 19 heavy (non-hydrogen) atoms. The van der Waals surface area contributed by atoms with Crippen LogP contribution in [-0.2, 0) is 10.0 Å². The second-order valence-corrected chi connectivity index (χ2v) is 5.53. The Balaban J connectivity index is 3.29. The lowest BCUT2D eigenvalue weighted by molar-refractivity contribution is -0.387. The molecule has 0 unspecified atom stereocenters. The quantitative estimate of drug-likeness (QED) is 0.615. The molecule has 7 nitrogen and oxygen atoms in total. The number of rotatable bonds is 6. The van der Waals surface area contributed by atoms with Crippen LogP contribution in [0.25, 0.3) is 0 Å². The van der Waals surface area contributed by atoms with Gasteiger partial charge in [0.2, 0.25) is 15.8 Å². The van der Waals surface area contributed by atoms with E-state index < -0.39 is 26.5 Å². The van der Waals surface area contributed by atoms with E-state index in [9.17, 15) is 22.9 Å². The summed E-state index contributed by atoms with van der Waals surface area (Å²) in [5.74, 6) is -1.10. The minimum absolute atomic E-state index is 0.0913. The number of likely N-dealkylation sites (N-methyl/N-ethyl adjacent to an activating group) is 1. The third-order valence-corrected chi connectivity index (χ3v) is 4.42. The normalized spacial score (nSPS) is 11.8. The zero-order valence-corrected chi connectivity index (χ0v) is 10.9. The van der Waals surface area contributed by atoms with Crippen molar-refractivity contribution in [2.75, 3.05) is 19.7 Å². The molecule has 1 rings (SSSR count). The maximum atomic E-state index is 13.1. The van der Waals surface area contributed by atoms with Gasteiger partial charge in [0.05, 0.1) is 16.4 Å². The monoisotopic (exact) mass is 292 g/mol. The number of hydrogen-bond acceptors (Lipinski definition) is 5. The first-order valence-corrected chi connectivity index (χ1v) is 6.83. The molecule has 0 heterocycles. The zero-order valence-electron chi connectivity index (χ0n) is 10.1. The lowest BCUT2D eigenvalue weighted by Crippen LogP contribution is -2.33. The molecule has 0 saturated heterocycles. The van der Waals surface area contributed by atoms with Gasteiger partial charge in [0.1, 0.15) is 0 Å². The first-order valence-electron chi connectivity index (χ1n) is 5.39. The highest BCUT2D eigenvalue weighted by molar-refractivity contribution is 7.89. The summed E-state index contributed by atoms with van der Waals surface area (Å²) < 4.78 is 38.3. The van der Waals surface area contributed by atoms with Gasteiger partial charge in [0.15, 0.2) is 0 Å². The van der Waals surface area contributed by atoms with Crippen molar-refractivity contribution in [3.8, 4) is 0 Å². The molecule has 1 N–H and O–H groups in total. The Hall–Kier alpha value is -1.58. The zero-order chi connectivity index (χ0) is 14.6. The SMILES string of the molecule is CCN(CCO)S(=O)(=O)c1ccc(F)c([N+](=O)[O-])c1. The maximum Gasteiger partial charge on any atom is 0.306 e. The number of nitrogens with zero attached hydrogens (tertiary/aromatic N) is 2. The lowest BCUT2D eigenvalue weighted by atomic mass is 10.3. The van der Waals surface area contributed by atoms with Crippen LogP contribution in [-0.4, -0.2) is 42.4 Å². The Morgan fingerprint density at radius 2 is 2.11 bits per heavy atom. The van der Waals surface area contributed by atoms with Crippen LogP contribution in [0.3, 0.4) is 0 Å². The Labute approximate surface area is 109 Å². The first-order chi connectivity index (χ1) is 8.84. The van der Waals surface area contributed by atoms with Crippen LogP contribution >= 0.6 is 0 Å². The van der Waals surface area contributed by atoms with Crippen molar-refractivity contribution < 1.29 is 22.8 Å². The number of aliphatic hydroxyl groups excluding tert-OH is 1. The average Bonchev–Trinajstić information content (AvgIpc) is 2.35. The van der Waals surface area contributed by atoms with Crippen LogP contribution < -0.4 is 0 Å². The number of benzene rings is 1. The number of sulfonamides is 1. The van der Waals surface area contributed by atoms with E-state index in [1.807, 2.05) is 0 Å². The molecule has 1 aromatic rings. The highest BCUT2D eigenvalue weighted by Gasteiger charge is 2.26. The van der Waals surface area contributed by atoms with Gasteiger partial charge in [0, 0.05) is 19.2 Å². The van der Waals surface area contributed by atoms with Crippen LogP contribution in [0.15, 0.2) is 23.1 Å². The fourth-order valence-electron chi connectivity index (χ4n) is 1.50. The maximum absolute atomic E-state index is 13.1. The van der Waals surface area contributed by atoms with Crippen LogP contribution in [0, 0.1) is 15.9 Å². The van der Waals surface area contributed by atoms with Gasteiger partial charge in [-0.15, -0.1) is 0 Å². The van der Waals surface area contributed by atoms with E-state index in [0.29, 0.717) is 6.07 Å². The van der Waals surface area contributed by atoms with Crippen molar-refractivity contribution >= 4 is 15.7 Å². The van der Waals surface area contributed by atoms with Crippen molar-refractivity contribution in [3.63, 3.8) is 0 Å². The predicted octanol–water partition coefficient (Wildman–Crippen LogP) is 0.737. The highest BCUT2D eigenvalue weighted by Crippen LogP contribution is 2.23. The van der Waals surface area contributed by atoms with Crippen molar-refractivity contribution in [2.24, 2.45) is 0 Å². The highest BCUT2D eigenvalue weighted by atomic mass is 32.2. The van der Waals surface area contributed by atoms with Gasteiger partial charge >= 0.3 is 5.69 Å². The topological polar surface area (TPSA) is 101 Å². The minimum Gasteiger partial charge on any atom is -0.395 e. The number of nitro benzene ring substituents is 1. The molecule has 0 aliphatic carbocycles. The van der Waals surface area contributed by atoms with Crippen LogP contribution in [0.4, 0.5) is 10.1 Å². The summed E-state index contributed by atoms with van der Waals surface area (Å²) in [7, 11) is -3.98. The van der Waals surface area contributed by atoms with Gasteiger partial charge in [-0.3, -0.25) is 10.1 Å². The average molecular weight is 292 g/mol. The molecule has 0 radical (unpaired) electrons. The van der Waals surface area contributed by atoms with E-state index in [4.69, 9.17) is 5.11 Å². The van der Waals surface area contributed by atoms with Crippen LogP contribution in [0.1, 0.15) is 6.92 Å². The molecule has 0 fully saturated rings. The molecule has 0 aliphatic rings. The first kappa shape index (κ1) is 15.5. The van der Waals surface area contributed by atoms with E-state index in [1.165, 1.54) is 0 Å². The smallest absolute Gasteiger partial charge is 0.306 e. The molecule has 0 amide bonds. The molecule has 0 saturated carbocycles. The fraction of sp³-hybridized carbons (Fsp3) is 0.400. The van der Waals surface area contributed by atoms with Gasteiger partial charge < -0.3 is 5.11 Å². The van der Waals surface area contributed by atoms with Gasteiger partial charge in [0.25, 0.3) is 0 Å². The van der Waals surface area contributed by atoms with Crippen molar-refractivity contribution in [2.45, 2.75) is 11.8 Å². The van der Waals surface area contributed by atoms with E-state index in [1.54, 1.807) is 6.92 Å². The van der Waals surface area contributed by atoms with Crippen molar-refractivity contribution in [3.05, 3.63) is 34.1 Å². The second-order valence-electron chi connectivity index (χ2n) is 3.59. The summed E-state index contributed by atoms with van der Waals surface area (Å²) in [5, 5.41) is 19.4. The molecule has 0 bridgehead atoms. The molecular formula is C10H13FN2O5S. The molecule has 0 atom stereocenters. The van der Waals surface area contributed by atoms with Crippen LogP contribution in [0.5, 0.6) is 0 Å². The Morgan fingerprint density at radius 3 is 2.58 bits per heavy atom. The molecule has 1 aromatic carbocycles. The Morgan fingerprint density at radius 1 is 1.47 bits per heavy atom. The van der Waals surface area contributed by atoms with Gasteiger partial charge in [-0.05, 0) is 12.1 Å². The second kappa shape index (κ2) is 6.04. The number of nitro groups is 1. The van der Waals surface area contributed by atoms with Crippen molar-refractivity contribution in [1.29, 1.82) is 0 Å². The molecule has 0 aliphatic heterocycles. The van der Waals surface area contributed by atoms with Crippen molar-refractivity contribution in [1.82, 2.24) is 4.31 Å². The van der Waals surface area contributed by atoms with E-state index >= 15 is 0 Å².